The Kier molecular flexibility index (Phi) is 5.84. The summed E-state index contributed by atoms with van der Waals surface area (Å²) in [5, 5.41) is 5.91. The highest BCUT2D eigenvalue weighted by Gasteiger charge is 2.22. The van der Waals surface area contributed by atoms with Crippen LogP contribution in [0.15, 0.2) is 170 Å². The quantitative estimate of drug-likeness (QED) is 0.185. The number of pyridine rings is 2. The van der Waals surface area contributed by atoms with Crippen LogP contribution < -0.4 is 0 Å². The van der Waals surface area contributed by atoms with Crippen molar-refractivity contribution in [1.82, 2.24) is 18.9 Å². The number of hydrogen-bond donors (Lipinski definition) is 0. The molecule has 4 heterocycles. The Bertz CT molecular complexity index is 2800. The number of imidazole rings is 1. The average Bonchev–Trinajstić information content (AvgIpc) is 3.72. The van der Waals surface area contributed by atoms with Crippen molar-refractivity contribution in [3.63, 3.8) is 0 Å². The summed E-state index contributed by atoms with van der Waals surface area (Å²) in [5.74, 6) is 1.83. The van der Waals surface area contributed by atoms with Crippen LogP contribution in [0, 0.1) is 0 Å². The van der Waals surface area contributed by atoms with Crippen LogP contribution in [0.4, 0.5) is 0 Å². The van der Waals surface area contributed by atoms with E-state index in [9.17, 15) is 0 Å². The summed E-state index contributed by atoms with van der Waals surface area (Å²) < 4.78 is 4.68. The van der Waals surface area contributed by atoms with Gasteiger partial charge in [0.25, 0.3) is 0 Å². The van der Waals surface area contributed by atoms with E-state index in [1.54, 1.807) is 0 Å². The zero-order chi connectivity index (χ0) is 31.6. The number of rotatable bonds is 4. The molecule has 0 radical (unpaired) electrons. The maximum Gasteiger partial charge on any atom is 0.145 e. The largest absolute Gasteiger partial charge is 0.294 e. The SMILES string of the molecule is c1ccc(-c2ccc(-c3nc(-c4ccccc4)c4c5ccccc5c5cc6c(cc5n34)c3ccccc3n6-c3ccccn3)cc2)cc1. The minimum Gasteiger partial charge on any atom is -0.294 e. The van der Waals surface area contributed by atoms with Gasteiger partial charge in [-0.15, -0.1) is 0 Å². The van der Waals surface area contributed by atoms with Gasteiger partial charge in [0.05, 0.1) is 27.8 Å². The van der Waals surface area contributed by atoms with Gasteiger partial charge in [0.1, 0.15) is 11.6 Å². The van der Waals surface area contributed by atoms with Gasteiger partial charge in [-0.3, -0.25) is 8.97 Å². The van der Waals surface area contributed by atoms with Crippen LogP contribution >= 0.6 is 0 Å². The van der Waals surface area contributed by atoms with Crippen molar-refractivity contribution in [2.24, 2.45) is 0 Å². The highest BCUT2D eigenvalue weighted by molar-refractivity contribution is 6.21. The number of aromatic nitrogens is 4. The van der Waals surface area contributed by atoms with Crippen LogP contribution in [0.1, 0.15) is 0 Å². The van der Waals surface area contributed by atoms with Gasteiger partial charge in [0.15, 0.2) is 0 Å². The fourth-order valence-corrected chi connectivity index (χ4v) is 7.40. The van der Waals surface area contributed by atoms with E-state index in [2.05, 4.69) is 167 Å². The first kappa shape index (κ1) is 26.7. The van der Waals surface area contributed by atoms with Crippen LogP contribution in [0.5, 0.6) is 0 Å². The van der Waals surface area contributed by atoms with E-state index < -0.39 is 0 Å². The van der Waals surface area contributed by atoms with E-state index in [4.69, 9.17) is 9.97 Å². The molecular formula is C44H28N4. The van der Waals surface area contributed by atoms with Gasteiger partial charge in [-0.1, -0.05) is 133 Å². The van der Waals surface area contributed by atoms with Gasteiger partial charge in [-0.2, -0.15) is 0 Å². The molecule has 0 saturated carbocycles. The number of hydrogen-bond acceptors (Lipinski definition) is 2. The van der Waals surface area contributed by atoms with Crippen LogP contribution in [-0.4, -0.2) is 18.9 Å². The summed E-state index contributed by atoms with van der Waals surface area (Å²) in [6.07, 6.45) is 1.86. The Morgan fingerprint density at radius 2 is 0.979 bits per heavy atom. The van der Waals surface area contributed by atoms with E-state index in [0.29, 0.717) is 0 Å². The molecule has 224 valence electrons. The van der Waals surface area contributed by atoms with Crippen molar-refractivity contribution in [1.29, 1.82) is 0 Å². The molecule has 10 rings (SSSR count). The second-order valence-corrected chi connectivity index (χ2v) is 12.3. The Balaban J connectivity index is 1.36. The minimum atomic E-state index is 0.904. The molecule has 0 saturated heterocycles. The van der Waals surface area contributed by atoms with E-state index in [1.807, 2.05) is 12.3 Å². The van der Waals surface area contributed by atoms with Gasteiger partial charge in [0, 0.05) is 38.9 Å². The Morgan fingerprint density at radius 3 is 1.73 bits per heavy atom. The third-order valence-corrected chi connectivity index (χ3v) is 9.56. The smallest absolute Gasteiger partial charge is 0.145 e. The lowest BCUT2D eigenvalue weighted by Crippen LogP contribution is -1.98. The van der Waals surface area contributed by atoms with Crippen LogP contribution in [0.2, 0.25) is 0 Å². The van der Waals surface area contributed by atoms with Crippen molar-refractivity contribution in [2.45, 2.75) is 0 Å². The summed E-state index contributed by atoms with van der Waals surface area (Å²) in [7, 11) is 0. The zero-order valence-electron chi connectivity index (χ0n) is 26.0. The van der Waals surface area contributed by atoms with Gasteiger partial charge >= 0.3 is 0 Å². The molecule has 6 aromatic carbocycles. The maximum absolute atomic E-state index is 5.48. The molecule has 0 bridgehead atoms. The van der Waals surface area contributed by atoms with E-state index in [1.165, 1.54) is 38.1 Å². The molecule has 4 aromatic heterocycles. The van der Waals surface area contributed by atoms with Crippen molar-refractivity contribution in [2.75, 3.05) is 0 Å². The number of nitrogens with zero attached hydrogens (tertiary/aromatic N) is 4. The van der Waals surface area contributed by atoms with Gasteiger partial charge in [0.2, 0.25) is 0 Å². The molecule has 4 nitrogen and oxygen atoms in total. The number of fused-ring (bicyclic) bond motifs is 9. The molecule has 4 heteroatoms. The zero-order valence-corrected chi connectivity index (χ0v) is 26.0. The predicted molar refractivity (Wildman–Crippen MR) is 199 cm³/mol. The highest BCUT2D eigenvalue weighted by atomic mass is 15.1. The first-order valence-electron chi connectivity index (χ1n) is 16.3. The average molecular weight is 613 g/mol. The first-order chi connectivity index (χ1) is 23.8. The summed E-state index contributed by atoms with van der Waals surface area (Å²) >= 11 is 0. The second-order valence-electron chi connectivity index (χ2n) is 12.3. The standard InChI is InChI=1S/C44H28N4/c1-3-13-29(14-4-1)30-22-24-32(25-23-30)44-46-42(31-15-5-2-6-16-31)43-35-19-8-7-17-33(35)36-27-39-37(28-40(36)48(43)44)34-18-9-10-20-38(34)47(39)41-21-11-12-26-45-41/h1-28H. The van der Waals surface area contributed by atoms with Gasteiger partial charge < -0.3 is 0 Å². The van der Waals surface area contributed by atoms with Crippen molar-refractivity contribution >= 4 is 49.0 Å². The van der Waals surface area contributed by atoms with Crippen molar-refractivity contribution in [3.8, 4) is 39.6 Å². The lowest BCUT2D eigenvalue weighted by atomic mass is 10.0. The monoisotopic (exact) mass is 612 g/mol. The summed E-state index contributed by atoms with van der Waals surface area (Å²) in [6, 6.07) is 58.1. The maximum atomic E-state index is 5.48. The highest BCUT2D eigenvalue weighted by Crippen LogP contribution is 2.42. The molecule has 0 aliphatic carbocycles. The van der Waals surface area contributed by atoms with Gasteiger partial charge in [-0.05, 0) is 46.8 Å². The minimum absolute atomic E-state index is 0.904. The third-order valence-electron chi connectivity index (χ3n) is 9.56. The normalized spacial score (nSPS) is 11.8. The fraction of sp³-hybridized carbons (Fsp3) is 0. The molecule has 0 N–H and O–H groups in total. The number of para-hydroxylation sites is 1. The molecule has 0 spiro atoms. The predicted octanol–water partition coefficient (Wildman–Crippen LogP) is 11.1. The van der Waals surface area contributed by atoms with Crippen LogP contribution in [0.25, 0.3) is 88.6 Å². The molecular weight excluding hydrogens is 585 g/mol. The molecule has 0 aliphatic rings. The lowest BCUT2D eigenvalue weighted by Gasteiger charge is -2.13. The summed E-state index contributed by atoms with van der Waals surface area (Å²) in [5.41, 5.74) is 10.0. The van der Waals surface area contributed by atoms with Crippen molar-refractivity contribution < 1.29 is 0 Å². The van der Waals surface area contributed by atoms with E-state index in [0.717, 1.165) is 50.5 Å². The topological polar surface area (TPSA) is 35.1 Å². The van der Waals surface area contributed by atoms with E-state index in [-0.39, 0.29) is 0 Å². The number of benzene rings is 6. The molecule has 0 fully saturated rings. The Labute approximate surface area is 276 Å². The lowest BCUT2D eigenvalue weighted by molar-refractivity contribution is 1.08. The molecule has 48 heavy (non-hydrogen) atoms. The van der Waals surface area contributed by atoms with Crippen LogP contribution in [0.3, 0.4) is 0 Å². The summed E-state index contributed by atoms with van der Waals surface area (Å²) in [4.78, 5) is 10.3. The molecule has 0 unspecified atom stereocenters. The molecule has 0 aliphatic heterocycles. The molecule has 0 atom stereocenters. The second kappa shape index (κ2) is 10.5. The van der Waals surface area contributed by atoms with Gasteiger partial charge in [-0.25, -0.2) is 9.97 Å². The molecule has 10 aromatic rings. The van der Waals surface area contributed by atoms with E-state index >= 15 is 0 Å². The molecule has 0 amide bonds. The van der Waals surface area contributed by atoms with Crippen LogP contribution in [-0.2, 0) is 0 Å². The Hall–Kier alpha value is -6.52. The fourth-order valence-electron chi connectivity index (χ4n) is 7.40. The third kappa shape index (κ3) is 3.96. The Morgan fingerprint density at radius 1 is 0.396 bits per heavy atom. The van der Waals surface area contributed by atoms with Crippen molar-refractivity contribution in [3.05, 3.63) is 170 Å². The summed E-state index contributed by atoms with van der Waals surface area (Å²) in [6.45, 7) is 0. The first-order valence-corrected chi connectivity index (χ1v) is 16.3.